The number of hydrogen-bond acceptors (Lipinski definition) is 1. The first-order chi connectivity index (χ1) is 5.02. The third kappa shape index (κ3) is 1.00. The molecule has 0 saturated carbocycles. The van der Waals surface area contributed by atoms with Crippen molar-refractivity contribution >= 4 is 0 Å². The number of ether oxygens (including phenoxy) is 1. The quantitative estimate of drug-likeness (QED) is 0.489. The lowest BCUT2D eigenvalue weighted by Crippen LogP contribution is -2.50. The standard InChI is InChI=1S/C9H13FO/c1-8-5-3-7(4-6-8)9(2,10)11-8/h3,5,7H,4,6H2,1-2H3. The van der Waals surface area contributed by atoms with Crippen LogP contribution >= 0.6 is 0 Å². The second-order valence-corrected chi connectivity index (χ2v) is 3.90. The van der Waals surface area contributed by atoms with Crippen LogP contribution in [0.4, 0.5) is 4.39 Å². The summed E-state index contributed by atoms with van der Waals surface area (Å²) in [6, 6.07) is 0. The molecule has 0 aromatic rings. The zero-order valence-corrected chi connectivity index (χ0v) is 6.93. The van der Waals surface area contributed by atoms with Crippen molar-refractivity contribution in [1.29, 1.82) is 0 Å². The number of fused-ring (bicyclic) bond motifs is 2. The molecule has 0 amide bonds. The van der Waals surface area contributed by atoms with E-state index >= 15 is 0 Å². The Labute approximate surface area is 66.2 Å². The van der Waals surface area contributed by atoms with E-state index in [0.29, 0.717) is 0 Å². The molecule has 1 fully saturated rings. The maximum Gasteiger partial charge on any atom is 0.213 e. The summed E-state index contributed by atoms with van der Waals surface area (Å²) in [6.45, 7) is 3.47. The first-order valence-corrected chi connectivity index (χ1v) is 4.10. The Balaban J connectivity index is 2.34. The molecule has 1 nitrogen and oxygen atoms in total. The van der Waals surface area contributed by atoms with E-state index in [1.807, 2.05) is 19.1 Å². The zero-order chi connectivity index (χ0) is 8.11. The van der Waals surface area contributed by atoms with Crippen LogP contribution in [-0.4, -0.2) is 11.5 Å². The molecular formula is C9H13FO. The SMILES string of the molecule is CC12C=CC(CC1)C(C)(F)O2. The molecule has 1 saturated heterocycles. The minimum atomic E-state index is -1.43. The predicted molar refractivity (Wildman–Crippen MR) is 40.9 cm³/mol. The fourth-order valence-corrected chi connectivity index (χ4v) is 1.99. The minimum Gasteiger partial charge on any atom is -0.335 e. The van der Waals surface area contributed by atoms with Crippen LogP contribution in [0.25, 0.3) is 0 Å². The Morgan fingerprint density at radius 1 is 1.55 bits per heavy atom. The molecule has 0 N–H and O–H groups in total. The first-order valence-electron chi connectivity index (χ1n) is 4.10. The molecule has 3 aliphatic rings. The Kier molecular flexibility index (Phi) is 1.23. The summed E-state index contributed by atoms with van der Waals surface area (Å²) in [7, 11) is 0. The highest BCUT2D eigenvalue weighted by molar-refractivity contribution is 5.14. The number of rotatable bonds is 0. The Morgan fingerprint density at radius 3 is 2.55 bits per heavy atom. The Bertz CT molecular complexity index is 210. The van der Waals surface area contributed by atoms with Crippen LogP contribution in [0.5, 0.6) is 0 Å². The fraction of sp³-hybridized carbons (Fsp3) is 0.778. The van der Waals surface area contributed by atoms with Gasteiger partial charge >= 0.3 is 0 Å². The van der Waals surface area contributed by atoms with Crippen LogP contribution < -0.4 is 0 Å². The van der Waals surface area contributed by atoms with Gasteiger partial charge in [0.2, 0.25) is 5.85 Å². The van der Waals surface area contributed by atoms with Gasteiger partial charge in [-0.25, -0.2) is 4.39 Å². The molecule has 1 aliphatic carbocycles. The van der Waals surface area contributed by atoms with E-state index in [2.05, 4.69) is 0 Å². The van der Waals surface area contributed by atoms with E-state index in [1.165, 1.54) is 6.92 Å². The van der Waals surface area contributed by atoms with Gasteiger partial charge in [0.05, 0.1) is 5.60 Å². The van der Waals surface area contributed by atoms with Crippen LogP contribution in [0.3, 0.4) is 0 Å². The lowest BCUT2D eigenvalue weighted by molar-refractivity contribution is -0.248. The van der Waals surface area contributed by atoms with Crippen LogP contribution in [0.2, 0.25) is 0 Å². The number of alkyl halides is 1. The van der Waals surface area contributed by atoms with Crippen molar-refractivity contribution in [3.05, 3.63) is 12.2 Å². The van der Waals surface area contributed by atoms with Gasteiger partial charge in [0.15, 0.2) is 0 Å². The van der Waals surface area contributed by atoms with E-state index < -0.39 is 5.85 Å². The average molecular weight is 156 g/mol. The molecule has 3 atom stereocenters. The van der Waals surface area contributed by atoms with Gasteiger partial charge in [0.25, 0.3) is 0 Å². The summed E-state index contributed by atoms with van der Waals surface area (Å²) in [5.74, 6) is -1.45. The maximum atomic E-state index is 13.5. The second kappa shape index (κ2) is 1.86. The van der Waals surface area contributed by atoms with Crippen molar-refractivity contribution in [2.75, 3.05) is 0 Å². The largest absolute Gasteiger partial charge is 0.335 e. The van der Waals surface area contributed by atoms with Crippen LogP contribution in [0, 0.1) is 5.92 Å². The van der Waals surface area contributed by atoms with E-state index in [1.54, 1.807) is 0 Å². The zero-order valence-electron chi connectivity index (χ0n) is 6.93. The van der Waals surface area contributed by atoms with Crippen molar-refractivity contribution in [1.82, 2.24) is 0 Å². The predicted octanol–water partition coefficient (Wildman–Crippen LogP) is 2.43. The molecule has 0 aromatic carbocycles. The maximum absolute atomic E-state index is 13.5. The highest BCUT2D eigenvalue weighted by atomic mass is 19.2. The summed E-state index contributed by atoms with van der Waals surface area (Å²) in [4.78, 5) is 0. The summed E-state index contributed by atoms with van der Waals surface area (Å²) in [6.07, 6.45) is 5.81. The van der Waals surface area contributed by atoms with Gasteiger partial charge in [0, 0.05) is 5.92 Å². The van der Waals surface area contributed by atoms with Gasteiger partial charge < -0.3 is 4.74 Å². The minimum absolute atomic E-state index is 0.0238. The van der Waals surface area contributed by atoms with E-state index in [-0.39, 0.29) is 11.5 Å². The summed E-state index contributed by atoms with van der Waals surface area (Å²) in [5.41, 5.74) is -0.335. The van der Waals surface area contributed by atoms with Crippen LogP contribution in [0.15, 0.2) is 12.2 Å². The summed E-state index contributed by atoms with van der Waals surface area (Å²) < 4.78 is 18.8. The van der Waals surface area contributed by atoms with Crippen molar-refractivity contribution in [3.63, 3.8) is 0 Å². The Hall–Kier alpha value is -0.370. The van der Waals surface area contributed by atoms with Crippen molar-refractivity contribution in [2.24, 2.45) is 5.92 Å². The summed E-state index contributed by atoms with van der Waals surface area (Å²) >= 11 is 0. The molecule has 2 aliphatic heterocycles. The van der Waals surface area contributed by atoms with Gasteiger partial charge in [-0.1, -0.05) is 12.2 Å². The number of halogens is 1. The fourth-order valence-electron chi connectivity index (χ4n) is 1.99. The average Bonchev–Trinajstić information content (AvgIpc) is 1.84. The van der Waals surface area contributed by atoms with E-state index in [9.17, 15) is 4.39 Å². The molecule has 0 aromatic heterocycles. The molecule has 2 bridgehead atoms. The Morgan fingerprint density at radius 2 is 2.27 bits per heavy atom. The third-order valence-corrected chi connectivity index (χ3v) is 2.73. The van der Waals surface area contributed by atoms with Gasteiger partial charge in [-0.05, 0) is 26.7 Å². The lowest BCUT2D eigenvalue weighted by atomic mass is 9.79. The molecule has 3 unspecified atom stereocenters. The smallest absolute Gasteiger partial charge is 0.213 e. The molecule has 3 rings (SSSR count). The summed E-state index contributed by atoms with van der Waals surface area (Å²) in [5, 5.41) is 0. The van der Waals surface area contributed by atoms with E-state index in [0.717, 1.165) is 12.8 Å². The van der Waals surface area contributed by atoms with Gasteiger partial charge in [-0.15, -0.1) is 0 Å². The molecule has 11 heavy (non-hydrogen) atoms. The second-order valence-electron chi connectivity index (χ2n) is 3.90. The van der Waals surface area contributed by atoms with Crippen molar-refractivity contribution < 1.29 is 9.13 Å². The first kappa shape index (κ1) is 7.29. The molecule has 0 spiro atoms. The topological polar surface area (TPSA) is 9.23 Å². The molecule has 2 heterocycles. The molecule has 0 radical (unpaired) electrons. The highest BCUT2D eigenvalue weighted by Crippen LogP contribution is 2.45. The van der Waals surface area contributed by atoms with Gasteiger partial charge in [0.1, 0.15) is 0 Å². The monoisotopic (exact) mass is 156 g/mol. The van der Waals surface area contributed by atoms with Gasteiger partial charge in [-0.3, -0.25) is 0 Å². The molecule has 2 heteroatoms. The van der Waals surface area contributed by atoms with Crippen LogP contribution in [0.1, 0.15) is 26.7 Å². The lowest BCUT2D eigenvalue weighted by Gasteiger charge is -2.47. The van der Waals surface area contributed by atoms with Gasteiger partial charge in [-0.2, -0.15) is 0 Å². The van der Waals surface area contributed by atoms with Crippen molar-refractivity contribution in [3.8, 4) is 0 Å². The number of hydrogen-bond donors (Lipinski definition) is 0. The molecular weight excluding hydrogens is 143 g/mol. The molecule has 62 valence electrons. The normalized spacial score (nSPS) is 55.0. The highest BCUT2D eigenvalue weighted by Gasteiger charge is 2.48. The van der Waals surface area contributed by atoms with Crippen LogP contribution in [-0.2, 0) is 4.74 Å². The van der Waals surface area contributed by atoms with Crippen molar-refractivity contribution in [2.45, 2.75) is 38.1 Å². The third-order valence-electron chi connectivity index (χ3n) is 2.73. The van der Waals surface area contributed by atoms with E-state index in [4.69, 9.17) is 4.74 Å².